The number of rotatable bonds is 4. The number of ether oxygens (including phenoxy) is 1. The van der Waals surface area contributed by atoms with E-state index >= 15 is 0 Å². The number of aliphatic hydroxyl groups excluding tert-OH is 1. The van der Waals surface area contributed by atoms with E-state index < -0.39 is 6.29 Å². The first-order valence-corrected chi connectivity index (χ1v) is 4.22. The van der Waals surface area contributed by atoms with Crippen LogP contribution in [-0.2, 0) is 11.2 Å². The lowest BCUT2D eigenvalue weighted by Gasteiger charge is -2.05. The molecule has 0 bridgehead atoms. The average molecular weight is 184 g/mol. The van der Waals surface area contributed by atoms with Crippen LogP contribution in [0.1, 0.15) is 12.5 Å². The summed E-state index contributed by atoms with van der Waals surface area (Å²) >= 11 is 0. The maximum Gasteiger partial charge on any atom is 0.151 e. The van der Waals surface area contributed by atoms with E-state index in [0.717, 1.165) is 5.56 Å². The molecule has 0 amide bonds. The van der Waals surface area contributed by atoms with Gasteiger partial charge in [-0.25, -0.2) is 4.39 Å². The molecular weight excluding hydrogens is 171 g/mol. The fraction of sp³-hybridized carbons (Fsp3) is 0.400. The van der Waals surface area contributed by atoms with Crippen molar-refractivity contribution in [2.45, 2.75) is 19.6 Å². The molecule has 0 fully saturated rings. The zero-order valence-corrected chi connectivity index (χ0v) is 7.53. The molecule has 0 saturated carbocycles. The third-order valence-electron chi connectivity index (χ3n) is 1.66. The quantitative estimate of drug-likeness (QED) is 0.722. The Labute approximate surface area is 77.0 Å². The zero-order chi connectivity index (χ0) is 9.68. The molecule has 0 spiro atoms. The molecular formula is C10H13FO2. The number of hydrogen-bond acceptors (Lipinski definition) is 2. The van der Waals surface area contributed by atoms with Crippen LogP contribution in [-0.4, -0.2) is 18.0 Å². The van der Waals surface area contributed by atoms with E-state index in [2.05, 4.69) is 0 Å². The topological polar surface area (TPSA) is 29.5 Å². The van der Waals surface area contributed by atoms with Crippen LogP contribution in [0.3, 0.4) is 0 Å². The van der Waals surface area contributed by atoms with Gasteiger partial charge >= 0.3 is 0 Å². The molecule has 0 aromatic heterocycles. The summed E-state index contributed by atoms with van der Waals surface area (Å²) in [6.45, 7) is 2.01. The summed E-state index contributed by atoms with van der Waals surface area (Å²) in [6.07, 6.45) is -0.0500. The van der Waals surface area contributed by atoms with Crippen LogP contribution in [0, 0.1) is 5.82 Å². The molecule has 1 rings (SSSR count). The summed E-state index contributed by atoms with van der Waals surface area (Å²) in [6, 6.07) is 6.25. The molecule has 1 atom stereocenters. The van der Waals surface area contributed by atoms with Crippen LogP contribution in [0.2, 0.25) is 0 Å². The maximum absolute atomic E-state index is 12.5. The minimum atomic E-state index is -0.736. The maximum atomic E-state index is 12.5. The van der Waals surface area contributed by atoms with Crippen molar-refractivity contribution in [2.75, 3.05) is 6.61 Å². The molecule has 1 N–H and O–H groups in total. The summed E-state index contributed by atoms with van der Waals surface area (Å²) in [7, 11) is 0. The van der Waals surface area contributed by atoms with Gasteiger partial charge < -0.3 is 9.84 Å². The molecule has 0 saturated heterocycles. The van der Waals surface area contributed by atoms with Crippen LogP contribution >= 0.6 is 0 Å². The molecule has 1 aromatic carbocycles. The number of halogens is 1. The van der Waals surface area contributed by atoms with Crippen molar-refractivity contribution in [3.63, 3.8) is 0 Å². The van der Waals surface area contributed by atoms with Crippen molar-refractivity contribution in [1.29, 1.82) is 0 Å². The van der Waals surface area contributed by atoms with Gasteiger partial charge in [-0.1, -0.05) is 12.1 Å². The van der Waals surface area contributed by atoms with Crippen LogP contribution in [0.4, 0.5) is 4.39 Å². The summed E-state index contributed by atoms with van der Waals surface area (Å²) < 4.78 is 17.4. The van der Waals surface area contributed by atoms with E-state index in [1.165, 1.54) is 12.1 Å². The molecule has 0 radical (unpaired) electrons. The van der Waals surface area contributed by atoms with Gasteiger partial charge in [0.15, 0.2) is 6.29 Å². The molecule has 0 heterocycles. The standard InChI is InChI=1S/C10H13FO2/c1-8(12)13-7-6-9-2-4-10(11)5-3-9/h2-5,8,12H,6-7H2,1H3. The van der Waals surface area contributed by atoms with E-state index in [4.69, 9.17) is 9.84 Å². The highest BCUT2D eigenvalue weighted by Crippen LogP contribution is 2.03. The zero-order valence-electron chi connectivity index (χ0n) is 7.53. The molecule has 3 heteroatoms. The normalized spacial score (nSPS) is 12.8. The smallest absolute Gasteiger partial charge is 0.151 e. The highest BCUT2D eigenvalue weighted by Gasteiger charge is 1.96. The van der Waals surface area contributed by atoms with Gasteiger partial charge in [-0.2, -0.15) is 0 Å². The monoisotopic (exact) mass is 184 g/mol. The summed E-state index contributed by atoms with van der Waals surface area (Å²) in [4.78, 5) is 0. The van der Waals surface area contributed by atoms with E-state index in [-0.39, 0.29) is 5.82 Å². The molecule has 72 valence electrons. The minimum Gasteiger partial charge on any atom is -0.368 e. The predicted molar refractivity (Wildman–Crippen MR) is 47.7 cm³/mol. The summed E-state index contributed by atoms with van der Waals surface area (Å²) in [5.41, 5.74) is 1.00. The fourth-order valence-electron chi connectivity index (χ4n) is 0.998. The Bertz CT molecular complexity index is 244. The number of aliphatic hydroxyl groups is 1. The van der Waals surface area contributed by atoms with Gasteiger partial charge in [0.1, 0.15) is 5.82 Å². The highest BCUT2D eigenvalue weighted by atomic mass is 19.1. The third kappa shape index (κ3) is 4.01. The molecule has 0 aliphatic heterocycles. The van der Waals surface area contributed by atoms with Crippen molar-refractivity contribution in [3.8, 4) is 0 Å². The van der Waals surface area contributed by atoms with Gasteiger partial charge in [0.2, 0.25) is 0 Å². The fourth-order valence-corrected chi connectivity index (χ4v) is 0.998. The van der Waals surface area contributed by atoms with Gasteiger partial charge in [-0.15, -0.1) is 0 Å². The van der Waals surface area contributed by atoms with E-state index in [1.807, 2.05) is 0 Å². The second kappa shape index (κ2) is 4.94. The number of hydrogen-bond donors (Lipinski definition) is 1. The second-order valence-electron chi connectivity index (χ2n) is 2.85. The Balaban J connectivity index is 2.33. The van der Waals surface area contributed by atoms with Crippen LogP contribution < -0.4 is 0 Å². The van der Waals surface area contributed by atoms with Gasteiger partial charge in [-0.05, 0) is 31.0 Å². The minimum absolute atomic E-state index is 0.236. The van der Waals surface area contributed by atoms with Crippen LogP contribution in [0.15, 0.2) is 24.3 Å². The molecule has 1 unspecified atom stereocenters. The van der Waals surface area contributed by atoms with Gasteiger partial charge in [0.25, 0.3) is 0 Å². The van der Waals surface area contributed by atoms with Crippen molar-refractivity contribution in [2.24, 2.45) is 0 Å². The Hall–Kier alpha value is -0.930. The highest BCUT2D eigenvalue weighted by molar-refractivity contribution is 5.15. The van der Waals surface area contributed by atoms with Gasteiger partial charge in [-0.3, -0.25) is 0 Å². The lowest BCUT2D eigenvalue weighted by atomic mass is 10.2. The third-order valence-corrected chi connectivity index (χ3v) is 1.66. The van der Waals surface area contributed by atoms with Gasteiger partial charge in [0.05, 0.1) is 6.61 Å². The summed E-state index contributed by atoms with van der Waals surface area (Å²) in [5, 5.41) is 8.79. The average Bonchev–Trinajstić information content (AvgIpc) is 2.08. The summed E-state index contributed by atoms with van der Waals surface area (Å²) in [5.74, 6) is -0.236. The van der Waals surface area contributed by atoms with Gasteiger partial charge in [0, 0.05) is 0 Å². The van der Waals surface area contributed by atoms with Crippen molar-refractivity contribution in [1.82, 2.24) is 0 Å². The molecule has 0 aliphatic carbocycles. The molecule has 13 heavy (non-hydrogen) atoms. The molecule has 2 nitrogen and oxygen atoms in total. The second-order valence-corrected chi connectivity index (χ2v) is 2.85. The Morgan fingerprint density at radius 2 is 2.00 bits per heavy atom. The Morgan fingerprint density at radius 1 is 1.38 bits per heavy atom. The molecule has 0 aliphatic rings. The SMILES string of the molecule is CC(O)OCCc1ccc(F)cc1. The van der Waals surface area contributed by atoms with E-state index in [9.17, 15) is 4.39 Å². The largest absolute Gasteiger partial charge is 0.368 e. The van der Waals surface area contributed by atoms with Crippen LogP contribution in [0.25, 0.3) is 0 Å². The Morgan fingerprint density at radius 3 is 2.54 bits per heavy atom. The van der Waals surface area contributed by atoms with Crippen LogP contribution in [0.5, 0.6) is 0 Å². The van der Waals surface area contributed by atoms with Crippen molar-refractivity contribution < 1.29 is 14.2 Å². The predicted octanol–water partition coefficient (Wildman–Crippen LogP) is 1.72. The lowest BCUT2D eigenvalue weighted by molar-refractivity contribution is -0.0838. The van der Waals surface area contributed by atoms with E-state index in [1.54, 1.807) is 19.1 Å². The number of benzene rings is 1. The first kappa shape index (κ1) is 10.2. The van der Waals surface area contributed by atoms with Crippen molar-refractivity contribution in [3.05, 3.63) is 35.6 Å². The van der Waals surface area contributed by atoms with Crippen molar-refractivity contribution >= 4 is 0 Å². The first-order chi connectivity index (χ1) is 6.18. The first-order valence-electron chi connectivity index (χ1n) is 4.22. The van der Waals surface area contributed by atoms with E-state index in [0.29, 0.717) is 13.0 Å². The Kier molecular flexibility index (Phi) is 3.86. The molecule has 1 aromatic rings. The lowest BCUT2D eigenvalue weighted by Crippen LogP contribution is -2.08.